The molecule has 0 aliphatic heterocycles. The van der Waals surface area contributed by atoms with Gasteiger partial charge in [0.15, 0.2) is 5.43 Å². The van der Waals surface area contributed by atoms with Crippen molar-refractivity contribution in [2.45, 2.75) is 17.6 Å². The fraction of sp³-hybridized carbons (Fsp3) is 0.120. The third-order valence-electron chi connectivity index (χ3n) is 5.67. The van der Waals surface area contributed by atoms with Crippen molar-refractivity contribution in [3.8, 4) is 5.69 Å². The van der Waals surface area contributed by atoms with Gasteiger partial charge in [-0.3, -0.25) is 14.2 Å². The van der Waals surface area contributed by atoms with Gasteiger partial charge in [-0.25, -0.2) is 23.3 Å². The van der Waals surface area contributed by atoms with Gasteiger partial charge in [-0.05, 0) is 48.5 Å². The number of benzene rings is 2. The molecule has 0 spiro atoms. The Morgan fingerprint density at radius 3 is 2.23 bits per heavy atom. The summed E-state index contributed by atoms with van der Waals surface area (Å²) in [6.07, 6.45) is -4.83. The zero-order chi connectivity index (χ0) is 28.5. The van der Waals surface area contributed by atoms with E-state index < -0.39 is 57.1 Å². The van der Waals surface area contributed by atoms with Crippen LogP contribution in [0.25, 0.3) is 16.7 Å². The van der Waals surface area contributed by atoms with Crippen LogP contribution in [0, 0.1) is 0 Å². The highest BCUT2D eigenvalue weighted by molar-refractivity contribution is 7.89. The number of halogens is 3. The SMILES string of the molecule is COC(=O)c1c(CNC(=O)c2ccc(S(N)(=O)=O)cc2)c(=O)c2ccc(C(F)(F)F)nc2n1-c1ccccc1. The number of sulfonamides is 1. The van der Waals surface area contributed by atoms with Gasteiger partial charge in [-0.15, -0.1) is 0 Å². The van der Waals surface area contributed by atoms with Crippen molar-refractivity contribution in [1.29, 1.82) is 0 Å². The third kappa shape index (κ3) is 5.51. The number of fused-ring (bicyclic) bond motifs is 1. The number of primary sulfonamides is 1. The van der Waals surface area contributed by atoms with Gasteiger partial charge < -0.3 is 10.1 Å². The van der Waals surface area contributed by atoms with Crippen molar-refractivity contribution in [1.82, 2.24) is 14.9 Å². The average molecular weight is 561 g/mol. The molecule has 4 aromatic rings. The molecule has 0 aliphatic rings. The Morgan fingerprint density at radius 1 is 1.03 bits per heavy atom. The number of nitrogens with one attached hydrogen (secondary N) is 1. The maximum absolute atomic E-state index is 13.5. The van der Waals surface area contributed by atoms with Crippen LogP contribution in [0.15, 0.2) is 76.4 Å². The molecule has 1 amide bonds. The van der Waals surface area contributed by atoms with E-state index in [4.69, 9.17) is 9.88 Å². The second-order valence-corrected chi connectivity index (χ2v) is 9.70. The highest BCUT2D eigenvalue weighted by atomic mass is 32.2. The molecule has 0 fully saturated rings. The topological polar surface area (TPSA) is 150 Å². The van der Waals surface area contributed by atoms with E-state index in [0.29, 0.717) is 6.07 Å². The molecule has 10 nitrogen and oxygen atoms in total. The summed E-state index contributed by atoms with van der Waals surface area (Å²) in [7, 11) is -2.96. The van der Waals surface area contributed by atoms with Crippen molar-refractivity contribution in [2.75, 3.05) is 7.11 Å². The molecular weight excluding hydrogens is 541 g/mol. The fourth-order valence-electron chi connectivity index (χ4n) is 3.84. The van der Waals surface area contributed by atoms with Crippen LogP contribution in [0.5, 0.6) is 0 Å². The van der Waals surface area contributed by atoms with E-state index in [1.807, 2.05) is 0 Å². The van der Waals surface area contributed by atoms with Crippen molar-refractivity contribution >= 4 is 32.9 Å². The van der Waals surface area contributed by atoms with Crippen LogP contribution >= 0.6 is 0 Å². The Balaban J connectivity index is 1.89. The van der Waals surface area contributed by atoms with Gasteiger partial charge in [0.1, 0.15) is 17.0 Å². The Hall–Kier alpha value is -4.56. The van der Waals surface area contributed by atoms with Gasteiger partial charge in [0.05, 0.1) is 23.0 Å². The number of pyridine rings is 2. The van der Waals surface area contributed by atoms with Crippen molar-refractivity contribution in [3.05, 3.63) is 99.5 Å². The first-order valence-electron chi connectivity index (χ1n) is 11.0. The summed E-state index contributed by atoms with van der Waals surface area (Å²) >= 11 is 0. The number of rotatable bonds is 6. The Labute approximate surface area is 218 Å². The van der Waals surface area contributed by atoms with Crippen molar-refractivity contribution < 1.29 is 35.9 Å². The minimum absolute atomic E-state index is 0.0164. The number of nitrogens with zero attached hydrogens (tertiary/aromatic N) is 2. The first-order valence-corrected chi connectivity index (χ1v) is 12.6. The number of alkyl halides is 3. The van der Waals surface area contributed by atoms with Crippen LogP contribution < -0.4 is 15.9 Å². The number of carbonyl (C=O) groups is 2. The largest absolute Gasteiger partial charge is 0.464 e. The standard InChI is InChI=1S/C25H19F3N4O6S/c1-38-24(35)20-18(13-30-23(34)14-7-9-16(10-8-14)39(29,36)37)21(33)17-11-12-19(25(26,27)28)31-22(17)32(20)15-5-3-2-4-6-15/h2-12H,13H2,1H3,(H,30,34)(H2,29,36,37). The van der Waals surface area contributed by atoms with E-state index in [1.54, 1.807) is 18.2 Å². The predicted octanol–water partition coefficient (Wildman–Crippen LogP) is 2.77. The highest BCUT2D eigenvalue weighted by Crippen LogP contribution is 2.30. The Morgan fingerprint density at radius 2 is 1.67 bits per heavy atom. The first-order chi connectivity index (χ1) is 18.3. The van der Waals surface area contributed by atoms with E-state index in [0.717, 1.165) is 29.9 Å². The molecule has 3 N–H and O–H groups in total. The number of nitrogens with two attached hydrogens (primary N) is 1. The third-order valence-corrected chi connectivity index (χ3v) is 6.60. The molecule has 39 heavy (non-hydrogen) atoms. The first kappa shape index (κ1) is 27.5. The molecule has 202 valence electrons. The van der Waals surface area contributed by atoms with E-state index in [9.17, 15) is 36.0 Å². The summed E-state index contributed by atoms with van der Waals surface area (Å²) in [4.78, 5) is 42.6. The summed E-state index contributed by atoms with van der Waals surface area (Å²) in [5.74, 6) is -1.79. The van der Waals surface area contributed by atoms with E-state index >= 15 is 0 Å². The lowest BCUT2D eigenvalue weighted by molar-refractivity contribution is -0.141. The normalized spacial score (nSPS) is 11.8. The molecule has 2 aromatic heterocycles. The van der Waals surface area contributed by atoms with E-state index in [1.165, 1.54) is 24.3 Å². The van der Waals surface area contributed by atoms with Crippen LogP contribution in [-0.2, 0) is 27.5 Å². The van der Waals surface area contributed by atoms with E-state index in [2.05, 4.69) is 10.3 Å². The molecule has 0 atom stereocenters. The van der Waals surface area contributed by atoms with Crippen LogP contribution in [0.4, 0.5) is 13.2 Å². The maximum atomic E-state index is 13.5. The minimum atomic E-state index is -4.83. The lowest BCUT2D eigenvalue weighted by atomic mass is 10.1. The zero-order valence-corrected chi connectivity index (χ0v) is 20.8. The Kier molecular flexibility index (Phi) is 7.26. The number of hydrogen-bond donors (Lipinski definition) is 2. The number of aromatic nitrogens is 2. The van der Waals surface area contributed by atoms with Crippen LogP contribution in [0.2, 0.25) is 0 Å². The molecule has 2 heterocycles. The number of esters is 1. The average Bonchev–Trinajstić information content (AvgIpc) is 2.91. The number of hydrogen-bond acceptors (Lipinski definition) is 7. The van der Waals surface area contributed by atoms with Gasteiger partial charge in [0, 0.05) is 17.8 Å². The molecule has 2 aromatic carbocycles. The van der Waals surface area contributed by atoms with E-state index in [-0.39, 0.29) is 27.1 Å². The molecule has 14 heteroatoms. The summed E-state index contributed by atoms with van der Waals surface area (Å²) in [6.45, 7) is -0.525. The molecule has 4 rings (SSSR count). The van der Waals surface area contributed by atoms with Gasteiger partial charge in [-0.2, -0.15) is 13.2 Å². The highest BCUT2D eigenvalue weighted by Gasteiger charge is 2.34. The van der Waals surface area contributed by atoms with Crippen LogP contribution in [0.3, 0.4) is 0 Å². The summed E-state index contributed by atoms with van der Waals surface area (Å²) in [5.41, 5.74) is -3.03. The molecule has 0 saturated carbocycles. The number of methoxy groups -OCH3 is 1. The summed E-state index contributed by atoms with van der Waals surface area (Å²) in [6, 6.07) is 14.0. The molecule has 0 saturated heterocycles. The van der Waals surface area contributed by atoms with Crippen LogP contribution in [-0.4, -0.2) is 37.0 Å². The van der Waals surface area contributed by atoms with Crippen molar-refractivity contribution in [3.63, 3.8) is 0 Å². The van der Waals surface area contributed by atoms with Gasteiger partial charge >= 0.3 is 12.1 Å². The second-order valence-electron chi connectivity index (χ2n) is 8.14. The zero-order valence-electron chi connectivity index (χ0n) is 20.0. The minimum Gasteiger partial charge on any atom is -0.464 e. The number of amides is 1. The molecular formula is C25H19F3N4O6S. The van der Waals surface area contributed by atoms with Gasteiger partial charge in [0.25, 0.3) is 5.91 Å². The fourth-order valence-corrected chi connectivity index (χ4v) is 4.35. The summed E-state index contributed by atoms with van der Waals surface area (Å²) < 4.78 is 69.3. The molecule has 0 bridgehead atoms. The number of para-hydroxylation sites is 1. The molecule has 0 radical (unpaired) electrons. The quantitative estimate of drug-likeness (QED) is 0.344. The maximum Gasteiger partial charge on any atom is 0.433 e. The predicted molar refractivity (Wildman–Crippen MR) is 133 cm³/mol. The lowest BCUT2D eigenvalue weighted by Gasteiger charge is -2.19. The number of ether oxygens (including phenoxy) is 1. The molecule has 0 aliphatic carbocycles. The summed E-state index contributed by atoms with van der Waals surface area (Å²) in [5, 5.41) is 7.29. The second kappa shape index (κ2) is 10.3. The smallest absolute Gasteiger partial charge is 0.433 e. The van der Waals surface area contributed by atoms with Crippen molar-refractivity contribution in [2.24, 2.45) is 5.14 Å². The molecule has 0 unspecified atom stereocenters. The van der Waals surface area contributed by atoms with Crippen LogP contribution in [0.1, 0.15) is 32.1 Å². The lowest BCUT2D eigenvalue weighted by Crippen LogP contribution is -2.31. The number of carbonyl (C=O) groups excluding carboxylic acids is 2. The Bertz CT molecular complexity index is 1750. The van der Waals surface area contributed by atoms with Gasteiger partial charge in [-0.1, -0.05) is 18.2 Å². The monoisotopic (exact) mass is 560 g/mol. The van der Waals surface area contributed by atoms with Gasteiger partial charge in [0.2, 0.25) is 10.0 Å².